The highest BCUT2D eigenvalue weighted by atomic mass is 16.2. The molecule has 3 amide bonds. The van der Waals surface area contributed by atoms with Crippen LogP contribution < -0.4 is 4.90 Å². The van der Waals surface area contributed by atoms with Gasteiger partial charge in [-0.1, -0.05) is 36.4 Å². The molecule has 4 heteroatoms. The van der Waals surface area contributed by atoms with Crippen molar-refractivity contribution >= 4 is 28.4 Å². The van der Waals surface area contributed by atoms with Gasteiger partial charge in [0.2, 0.25) is 5.91 Å². The summed E-state index contributed by atoms with van der Waals surface area (Å²) < 4.78 is 0. The van der Waals surface area contributed by atoms with Crippen LogP contribution in [0.2, 0.25) is 0 Å². The van der Waals surface area contributed by atoms with E-state index in [4.69, 9.17) is 0 Å². The molecule has 1 aliphatic rings. The number of rotatable bonds is 2. The van der Waals surface area contributed by atoms with E-state index in [1.54, 1.807) is 4.90 Å². The van der Waals surface area contributed by atoms with Crippen LogP contribution in [0.4, 0.5) is 10.5 Å². The molecule has 0 N–H and O–H groups in total. The van der Waals surface area contributed by atoms with E-state index in [-0.39, 0.29) is 18.0 Å². The summed E-state index contributed by atoms with van der Waals surface area (Å²) in [6, 6.07) is 13.4. The molecule has 21 heavy (non-hydrogen) atoms. The maximum atomic E-state index is 12.7. The van der Waals surface area contributed by atoms with Crippen LogP contribution in [0.15, 0.2) is 42.5 Å². The molecule has 0 atom stereocenters. The molecule has 0 saturated carbocycles. The lowest BCUT2D eigenvalue weighted by molar-refractivity contribution is -0.119. The summed E-state index contributed by atoms with van der Waals surface area (Å²) in [5.41, 5.74) is 0.674. The molecule has 4 nitrogen and oxygen atoms in total. The fourth-order valence-corrected chi connectivity index (χ4v) is 2.78. The van der Waals surface area contributed by atoms with Crippen LogP contribution in [0, 0.1) is 0 Å². The fourth-order valence-electron chi connectivity index (χ4n) is 2.78. The number of hydrogen-bond acceptors (Lipinski definition) is 2. The lowest BCUT2D eigenvalue weighted by Gasteiger charge is -2.36. The van der Waals surface area contributed by atoms with E-state index >= 15 is 0 Å². The number of hydrogen-bond donors (Lipinski definition) is 0. The van der Waals surface area contributed by atoms with Gasteiger partial charge in [-0.3, -0.25) is 4.79 Å². The van der Waals surface area contributed by atoms with Crippen molar-refractivity contribution in [2.45, 2.75) is 26.3 Å². The maximum Gasteiger partial charge on any atom is 0.331 e. The molecule has 1 fully saturated rings. The highest BCUT2D eigenvalue weighted by Crippen LogP contribution is 2.30. The van der Waals surface area contributed by atoms with E-state index in [0.29, 0.717) is 18.7 Å². The molecule has 0 aliphatic carbocycles. The first-order valence-electron chi connectivity index (χ1n) is 7.21. The fraction of sp³-hybridized carbons (Fsp3) is 0.294. The Bertz CT molecular complexity index is 704. The summed E-state index contributed by atoms with van der Waals surface area (Å²) >= 11 is 0. The third-order valence-corrected chi connectivity index (χ3v) is 3.88. The summed E-state index contributed by atoms with van der Waals surface area (Å²) in [6.45, 7) is 4.43. The van der Waals surface area contributed by atoms with Gasteiger partial charge in [0.1, 0.15) is 0 Å². The van der Waals surface area contributed by atoms with Crippen LogP contribution in [-0.4, -0.2) is 29.4 Å². The van der Waals surface area contributed by atoms with Crippen molar-refractivity contribution in [2.75, 3.05) is 11.4 Å². The minimum absolute atomic E-state index is 0.0862. The topological polar surface area (TPSA) is 40.6 Å². The van der Waals surface area contributed by atoms with Crippen LogP contribution in [-0.2, 0) is 4.79 Å². The van der Waals surface area contributed by atoms with Gasteiger partial charge in [-0.2, -0.15) is 0 Å². The molecular formula is C17H18N2O2. The van der Waals surface area contributed by atoms with Crippen molar-refractivity contribution < 1.29 is 9.59 Å². The summed E-state index contributed by atoms with van der Waals surface area (Å²) in [5, 5.41) is 1.95. The Kier molecular flexibility index (Phi) is 3.37. The smallest absolute Gasteiger partial charge is 0.321 e. The van der Waals surface area contributed by atoms with E-state index in [1.807, 2.05) is 56.3 Å². The van der Waals surface area contributed by atoms with Crippen molar-refractivity contribution in [1.29, 1.82) is 0 Å². The first-order chi connectivity index (χ1) is 10.1. The van der Waals surface area contributed by atoms with Crippen molar-refractivity contribution in [3.8, 4) is 0 Å². The molecule has 2 aromatic rings. The van der Waals surface area contributed by atoms with Gasteiger partial charge in [0.05, 0.1) is 5.69 Å². The number of carbonyl (C=O) groups excluding carboxylic acids is 2. The third kappa shape index (κ3) is 2.27. The van der Waals surface area contributed by atoms with Crippen molar-refractivity contribution in [1.82, 2.24) is 4.90 Å². The van der Waals surface area contributed by atoms with Gasteiger partial charge in [0.15, 0.2) is 0 Å². The molecule has 2 aromatic carbocycles. The van der Waals surface area contributed by atoms with Gasteiger partial charge in [-0.25, -0.2) is 9.69 Å². The van der Waals surface area contributed by atoms with E-state index in [0.717, 1.165) is 10.8 Å². The first kappa shape index (κ1) is 13.6. The molecule has 1 saturated heterocycles. The van der Waals surface area contributed by atoms with Gasteiger partial charge in [0.25, 0.3) is 0 Å². The number of anilines is 1. The lowest BCUT2D eigenvalue weighted by atomic mass is 10.1. The highest BCUT2D eigenvalue weighted by molar-refractivity contribution is 6.19. The minimum Gasteiger partial charge on any atom is -0.321 e. The van der Waals surface area contributed by atoms with Gasteiger partial charge in [0, 0.05) is 24.4 Å². The van der Waals surface area contributed by atoms with Gasteiger partial charge in [-0.15, -0.1) is 0 Å². The Labute approximate surface area is 124 Å². The van der Waals surface area contributed by atoms with E-state index in [1.165, 1.54) is 4.90 Å². The van der Waals surface area contributed by atoms with E-state index in [9.17, 15) is 9.59 Å². The molecule has 0 spiro atoms. The number of carbonyl (C=O) groups is 2. The predicted molar refractivity (Wildman–Crippen MR) is 83.3 cm³/mol. The Morgan fingerprint density at radius 2 is 1.71 bits per heavy atom. The molecule has 1 heterocycles. The monoisotopic (exact) mass is 282 g/mol. The minimum atomic E-state index is -0.224. The number of amides is 3. The molecule has 0 bridgehead atoms. The summed E-state index contributed by atoms with van der Waals surface area (Å²) in [7, 11) is 0. The first-order valence-corrected chi connectivity index (χ1v) is 7.21. The molecule has 0 radical (unpaired) electrons. The number of benzene rings is 2. The Morgan fingerprint density at radius 1 is 1.00 bits per heavy atom. The van der Waals surface area contributed by atoms with E-state index < -0.39 is 0 Å². The van der Waals surface area contributed by atoms with Crippen LogP contribution in [0.5, 0.6) is 0 Å². The quantitative estimate of drug-likeness (QED) is 0.847. The van der Waals surface area contributed by atoms with Crippen LogP contribution in [0.1, 0.15) is 20.3 Å². The molecular weight excluding hydrogens is 264 g/mol. The van der Waals surface area contributed by atoms with Gasteiger partial charge < -0.3 is 4.90 Å². The lowest BCUT2D eigenvalue weighted by Crippen LogP contribution is -2.54. The Morgan fingerprint density at radius 3 is 2.48 bits per heavy atom. The van der Waals surface area contributed by atoms with Crippen molar-refractivity contribution in [3.63, 3.8) is 0 Å². The highest BCUT2D eigenvalue weighted by Gasteiger charge is 2.34. The molecule has 108 valence electrons. The van der Waals surface area contributed by atoms with Crippen LogP contribution in [0.3, 0.4) is 0 Å². The van der Waals surface area contributed by atoms with Gasteiger partial charge in [-0.05, 0) is 25.3 Å². The second kappa shape index (κ2) is 5.20. The largest absolute Gasteiger partial charge is 0.331 e. The molecule has 1 aliphatic heterocycles. The SMILES string of the molecule is CC(C)N1CCC(=O)N(c2cccc3ccccc23)C1=O. The number of urea groups is 1. The number of fused-ring (bicyclic) bond motifs is 1. The zero-order chi connectivity index (χ0) is 15.0. The average Bonchev–Trinajstić information content (AvgIpc) is 2.47. The maximum absolute atomic E-state index is 12.7. The summed E-state index contributed by atoms with van der Waals surface area (Å²) in [4.78, 5) is 28.0. The second-order valence-corrected chi connectivity index (χ2v) is 5.55. The van der Waals surface area contributed by atoms with Crippen molar-refractivity contribution in [2.24, 2.45) is 0 Å². The zero-order valence-corrected chi connectivity index (χ0v) is 12.2. The summed E-state index contributed by atoms with van der Waals surface area (Å²) in [6.07, 6.45) is 0.368. The standard InChI is InChI=1S/C17H18N2O2/c1-12(2)18-11-10-16(20)19(17(18)21)15-9-5-7-13-6-3-4-8-14(13)15/h3-9,12H,10-11H2,1-2H3. The predicted octanol–water partition coefficient (Wildman–Crippen LogP) is 3.41. The van der Waals surface area contributed by atoms with Crippen LogP contribution in [0.25, 0.3) is 10.8 Å². The molecule has 0 aromatic heterocycles. The Balaban J connectivity index is 2.11. The summed E-state index contributed by atoms with van der Waals surface area (Å²) in [5.74, 6) is -0.131. The Hall–Kier alpha value is -2.36. The number of nitrogens with zero attached hydrogens (tertiary/aromatic N) is 2. The van der Waals surface area contributed by atoms with E-state index in [2.05, 4.69) is 0 Å². The van der Waals surface area contributed by atoms with Crippen molar-refractivity contribution in [3.05, 3.63) is 42.5 Å². The molecule has 0 unspecified atom stereocenters. The third-order valence-electron chi connectivity index (χ3n) is 3.88. The average molecular weight is 282 g/mol. The zero-order valence-electron chi connectivity index (χ0n) is 12.2. The van der Waals surface area contributed by atoms with Crippen LogP contribution >= 0.6 is 0 Å². The second-order valence-electron chi connectivity index (χ2n) is 5.55. The number of imide groups is 1. The van der Waals surface area contributed by atoms with Gasteiger partial charge >= 0.3 is 6.03 Å². The normalized spacial score (nSPS) is 16.1. The molecule has 3 rings (SSSR count).